The Kier molecular flexibility index (Phi) is 4.39. The van der Waals surface area contributed by atoms with E-state index >= 15 is 0 Å². The van der Waals surface area contributed by atoms with Crippen LogP contribution in [0, 0.1) is 5.92 Å². The lowest BCUT2D eigenvalue weighted by Crippen LogP contribution is -2.39. The molecule has 0 aliphatic carbocycles. The van der Waals surface area contributed by atoms with E-state index in [2.05, 4.69) is 5.32 Å². The van der Waals surface area contributed by atoms with Gasteiger partial charge < -0.3 is 10.2 Å². The van der Waals surface area contributed by atoms with Gasteiger partial charge in [-0.2, -0.15) is 0 Å². The lowest BCUT2D eigenvalue weighted by atomic mass is 10.1. The first-order valence-corrected chi connectivity index (χ1v) is 9.58. The highest BCUT2D eigenvalue weighted by Gasteiger charge is 2.41. The molecule has 2 amide bonds. The second-order valence-corrected chi connectivity index (χ2v) is 8.44. The smallest absolute Gasteiger partial charge is 0.225 e. The van der Waals surface area contributed by atoms with Gasteiger partial charge in [0.15, 0.2) is 9.84 Å². The first kappa shape index (κ1) is 16.0. The van der Waals surface area contributed by atoms with Crippen molar-refractivity contribution < 1.29 is 18.0 Å². The van der Waals surface area contributed by atoms with Gasteiger partial charge in [-0.15, -0.1) is 0 Å². The van der Waals surface area contributed by atoms with Crippen LogP contribution in [0.25, 0.3) is 0 Å². The summed E-state index contributed by atoms with van der Waals surface area (Å²) in [5.74, 6) is -0.504. The number of likely N-dealkylation sites (tertiary alicyclic amines) is 1. The molecule has 7 heteroatoms. The van der Waals surface area contributed by atoms with E-state index in [9.17, 15) is 18.0 Å². The molecule has 3 rings (SSSR count). The summed E-state index contributed by atoms with van der Waals surface area (Å²) in [6.45, 7) is 0.752. The van der Waals surface area contributed by atoms with Crippen LogP contribution in [0.1, 0.15) is 18.4 Å². The molecule has 0 unspecified atom stereocenters. The second-order valence-electron chi connectivity index (χ2n) is 6.21. The number of carbonyl (C=O) groups excluding carboxylic acids is 2. The molecular weight excluding hydrogens is 316 g/mol. The summed E-state index contributed by atoms with van der Waals surface area (Å²) in [6, 6.07) is 9.31. The number of hydrogen-bond donors (Lipinski definition) is 1. The topological polar surface area (TPSA) is 83.6 Å². The van der Waals surface area contributed by atoms with Gasteiger partial charge in [-0.1, -0.05) is 30.3 Å². The predicted molar refractivity (Wildman–Crippen MR) is 85.2 cm³/mol. The molecule has 0 saturated carbocycles. The first-order valence-electron chi connectivity index (χ1n) is 7.76. The Morgan fingerprint density at radius 3 is 2.65 bits per heavy atom. The minimum absolute atomic E-state index is 0.0249. The van der Waals surface area contributed by atoms with Crippen molar-refractivity contribution in [1.82, 2.24) is 10.2 Å². The van der Waals surface area contributed by atoms with Gasteiger partial charge >= 0.3 is 0 Å². The second kappa shape index (κ2) is 6.31. The molecule has 2 fully saturated rings. The largest absolute Gasteiger partial charge is 0.352 e. The number of hydrogen-bond acceptors (Lipinski definition) is 4. The van der Waals surface area contributed by atoms with Gasteiger partial charge in [-0.25, -0.2) is 8.42 Å². The summed E-state index contributed by atoms with van der Waals surface area (Å²) in [5, 5.41) is 2.85. The van der Waals surface area contributed by atoms with Gasteiger partial charge in [0.2, 0.25) is 11.8 Å². The quantitative estimate of drug-likeness (QED) is 0.859. The van der Waals surface area contributed by atoms with Crippen molar-refractivity contribution in [2.45, 2.75) is 25.4 Å². The molecule has 0 bridgehead atoms. The Morgan fingerprint density at radius 1 is 1.26 bits per heavy atom. The fourth-order valence-corrected chi connectivity index (χ4v) is 4.94. The van der Waals surface area contributed by atoms with Gasteiger partial charge in [-0.05, 0) is 12.0 Å². The van der Waals surface area contributed by atoms with E-state index < -0.39 is 15.8 Å². The highest BCUT2D eigenvalue weighted by atomic mass is 32.2. The highest BCUT2D eigenvalue weighted by Crippen LogP contribution is 2.26. The Morgan fingerprint density at radius 2 is 2.00 bits per heavy atom. The third-order valence-electron chi connectivity index (χ3n) is 4.49. The van der Waals surface area contributed by atoms with Crippen molar-refractivity contribution in [2.24, 2.45) is 5.92 Å². The van der Waals surface area contributed by atoms with Crippen molar-refractivity contribution in [3.8, 4) is 0 Å². The van der Waals surface area contributed by atoms with Crippen LogP contribution in [0.5, 0.6) is 0 Å². The van der Waals surface area contributed by atoms with Crippen LogP contribution in [0.15, 0.2) is 30.3 Å². The summed E-state index contributed by atoms with van der Waals surface area (Å²) in [4.78, 5) is 25.9. The van der Waals surface area contributed by atoms with E-state index in [4.69, 9.17) is 0 Å². The zero-order valence-corrected chi connectivity index (χ0v) is 13.6. The van der Waals surface area contributed by atoms with Gasteiger partial charge in [0, 0.05) is 25.6 Å². The van der Waals surface area contributed by atoms with Crippen LogP contribution in [0.3, 0.4) is 0 Å². The van der Waals surface area contributed by atoms with Crippen LogP contribution in [0.4, 0.5) is 0 Å². The van der Waals surface area contributed by atoms with E-state index in [0.29, 0.717) is 19.5 Å². The van der Waals surface area contributed by atoms with E-state index in [0.717, 1.165) is 5.56 Å². The van der Waals surface area contributed by atoms with Crippen molar-refractivity contribution in [1.29, 1.82) is 0 Å². The SMILES string of the molecule is O=C(NCc1ccccc1)[C@@H]1CC(=O)N([C@H]2CCS(=O)(=O)C2)C1. The molecule has 0 spiro atoms. The minimum Gasteiger partial charge on any atom is -0.352 e. The number of amides is 2. The molecule has 1 N–H and O–H groups in total. The lowest BCUT2D eigenvalue weighted by molar-refractivity contribution is -0.130. The van der Waals surface area contributed by atoms with E-state index in [1.54, 1.807) is 4.90 Å². The van der Waals surface area contributed by atoms with Gasteiger partial charge in [0.1, 0.15) is 0 Å². The van der Waals surface area contributed by atoms with Gasteiger partial charge in [0.05, 0.1) is 17.4 Å². The molecular formula is C16H20N2O4S. The standard InChI is InChI=1S/C16H20N2O4S/c19-15-8-13(10-18(15)14-6-7-23(21,22)11-14)16(20)17-9-12-4-2-1-3-5-12/h1-5,13-14H,6-11H2,(H,17,20)/t13-,14+/m1/s1. The molecule has 2 atom stereocenters. The number of nitrogens with zero attached hydrogens (tertiary/aromatic N) is 1. The fraction of sp³-hybridized carbons (Fsp3) is 0.500. The number of carbonyl (C=O) groups is 2. The highest BCUT2D eigenvalue weighted by molar-refractivity contribution is 7.91. The average Bonchev–Trinajstić information content (AvgIpc) is 3.08. The fourth-order valence-electron chi connectivity index (χ4n) is 3.21. The third-order valence-corrected chi connectivity index (χ3v) is 6.24. The first-order chi connectivity index (χ1) is 10.9. The van der Waals surface area contributed by atoms with Crippen molar-refractivity contribution in [2.75, 3.05) is 18.1 Å². The molecule has 0 aromatic heterocycles. The molecule has 124 valence electrons. The Balaban J connectivity index is 1.56. The molecule has 6 nitrogen and oxygen atoms in total. The molecule has 2 heterocycles. The average molecular weight is 336 g/mol. The van der Waals surface area contributed by atoms with Gasteiger partial charge in [-0.3, -0.25) is 9.59 Å². The zero-order chi connectivity index (χ0) is 16.4. The molecule has 1 aromatic rings. The number of rotatable bonds is 4. The number of sulfone groups is 1. The molecule has 0 radical (unpaired) electrons. The monoisotopic (exact) mass is 336 g/mol. The molecule has 2 aliphatic heterocycles. The maximum atomic E-state index is 12.2. The lowest BCUT2D eigenvalue weighted by Gasteiger charge is -2.22. The maximum Gasteiger partial charge on any atom is 0.225 e. The van der Waals surface area contributed by atoms with Crippen LogP contribution in [0.2, 0.25) is 0 Å². The Labute approximate surface area is 135 Å². The molecule has 1 aromatic carbocycles. The van der Waals surface area contributed by atoms with Crippen LogP contribution in [-0.2, 0) is 26.0 Å². The summed E-state index contributed by atoms with van der Waals surface area (Å²) < 4.78 is 23.1. The Hall–Kier alpha value is -1.89. The van der Waals surface area contributed by atoms with Gasteiger partial charge in [0.25, 0.3) is 0 Å². The van der Waals surface area contributed by atoms with Crippen LogP contribution < -0.4 is 5.32 Å². The van der Waals surface area contributed by atoms with Crippen molar-refractivity contribution >= 4 is 21.7 Å². The predicted octanol–water partition coefficient (Wildman–Crippen LogP) is 0.338. The minimum atomic E-state index is -3.03. The van der Waals surface area contributed by atoms with E-state index in [1.807, 2.05) is 30.3 Å². The maximum absolute atomic E-state index is 12.2. The zero-order valence-electron chi connectivity index (χ0n) is 12.8. The number of benzene rings is 1. The van der Waals surface area contributed by atoms with E-state index in [-0.39, 0.29) is 35.8 Å². The van der Waals surface area contributed by atoms with Crippen LogP contribution in [-0.4, -0.2) is 49.2 Å². The summed E-state index contributed by atoms with van der Waals surface area (Å²) in [6.07, 6.45) is 0.642. The van der Waals surface area contributed by atoms with E-state index in [1.165, 1.54) is 0 Å². The van der Waals surface area contributed by atoms with Crippen LogP contribution >= 0.6 is 0 Å². The molecule has 2 saturated heterocycles. The summed E-state index contributed by atoms with van der Waals surface area (Å²) in [5.41, 5.74) is 1.00. The molecule has 23 heavy (non-hydrogen) atoms. The normalized spacial score (nSPS) is 26.4. The van der Waals surface area contributed by atoms with Crippen molar-refractivity contribution in [3.63, 3.8) is 0 Å². The number of nitrogens with one attached hydrogen (secondary N) is 1. The summed E-state index contributed by atoms with van der Waals surface area (Å²) >= 11 is 0. The van der Waals surface area contributed by atoms with Crippen molar-refractivity contribution in [3.05, 3.63) is 35.9 Å². The third kappa shape index (κ3) is 3.72. The summed E-state index contributed by atoms with van der Waals surface area (Å²) in [7, 11) is -3.03. The Bertz CT molecular complexity index is 702. The molecule has 2 aliphatic rings.